The number of aliphatic hydroxyl groups excluding tert-OH is 1. The maximum absolute atomic E-state index is 13.0. The minimum Gasteiger partial charge on any atom is -0.392 e. The van der Waals surface area contributed by atoms with E-state index in [0.717, 1.165) is 23.1 Å². The highest BCUT2D eigenvalue weighted by Crippen LogP contribution is 2.24. The van der Waals surface area contributed by atoms with Gasteiger partial charge in [-0.25, -0.2) is 0 Å². The minimum atomic E-state index is -0.0341. The summed E-state index contributed by atoms with van der Waals surface area (Å²) in [6.45, 7) is 4.48. The van der Waals surface area contributed by atoms with Gasteiger partial charge in [0.05, 0.1) is 6.61 Å². The van der Waals surface area contributed by atoms with E-state index in [1.807, 2.05) is 67.3 Å². The van der Waals surface area contributed by atoms with Crippen molar-refractivity contribution in [3.05, 3.63) is 59.7 Å². The molecule has 0 saturated carbocycles. The summed E-state index contributed by atoms with van der Waals surface area (Å²) in [6.07, 6.45) is 1.30. The molecule has 1 aliphatic rings. The lowest BCUT2D eigenvalue weighted by atomic mass is 9.98. The van der Waals surface area contributed by atoms with Crippen molar-refractivity contribution in [1.82, 2.24) is 10.2 Å². The van der Waals surface area contributed by atoms with Crippen molar-refractivity contribution in [2.24, 2.45) is 0 Å². The van der Waals surface area contributed by atoms with E-state index in [-0.39, 0.29) is 30.5 Å². The lowest BCUT2D eigenvalue weighted by Crippen LogP contribution is -2.45. The second-order valence-electron chi connectivity index (χ2n) is 7.25. The van der Waals surface area contributed by atoms with Gasteiger partial charge < -0.3 is 15.3 Å². The van der Waals surface area contributed by atoms with Gasteiger partial charge in [-0.3, -0.25) is 9.59 Å². The molecule has 2 aromatic rings. The molecule has 5 nitrogen and oxygen atoms in total. The third-order valence-electron chi connectivity index (χ3n) is 5.02. The zero-order chi connectivity index (χ0) is 19.4. The van der Waals surface area contributed by atoms with Crippen LogP contribution in [0.2, 0.25) is 0 Å². The number of hydrogen-bond donors (Lipinski definition) is 2. The van der Waals surface area contributed by atoms with E-state index in [0.29, 0.717) is 18.5 Å². The Balaban J connectivity index is 1.78. The second-order valence-corrected chi connectivity index (χ2v) is 7.25. The summed E-state index contributed by atoms with van der Waals surface area (Å²) in [5, 5.41) is 12.5. The first-order chi connectivity index (χ1) is 13.0. The number of benzene rings is 2. The molecular formula is C22H26N2O3. The predicted octanol–water partition coefficient (Wildman–Crippen LogP) is 2.98. The highest BCUT2D eigenvalue weighted by Gasteiger charge is 2.27. The molecule has 0 aliphatic carbocycles. The van der Waals surface area contributed by atoms with Crippen LogP contribution in [0.15, 0.2) is 48.5 Å². The Bertz CT molecular complexity index is 815. The highest BCUT2D eigenvalue weighted by atomic mass is 16.3. The summed E-state index contributed by atoms with van der Waals surface area (Å²) >= 11 is 0. The monoisotopic (exact) mass is 366 g/mol. The Hall–Kier alpha value is -2.66. The van der Waals surface area contributed by atoms with Crippen molar-refractivity contribution < 1.29 is 14.7 Å². The summed E-state index contributed by atoms with van der Waals surface area (Å²) < 4.78 is 0. The Kier molecular flexibility index (Phi) is 5.91. The summed E-state index contributed by atoms with van der Waals surface area (Å²) in [5.41, 5.74) is 3.42. The number of carbonyl (C=O) groups excluding carboxylic acids is 2. The number of nitrogens with zero attached hydrogens (tertiary/aromatic N) is 1. The van der Waals surface area contributed by atoms with Gasteiger partial charge in [0, 0.05) is 30.6 Å². The van der Waals surface area contributed by atoms with Crippen molar-refractivity contribution >= 4 is 11.8 Å². The lowest BCUT2D eigenvalue weighted by molar-refractivity contribution is -0.119. The van der Waals surface area contributed by atoms with Gasteiger partial charge in [-0.15, -0.1) is 0 Å². The van der Waals surface area contributed by atoms with Crippen molar-refractivity contribution in [3.63, 3.8) is 0 Å². The van der Waals surface area contributed by atoms with E-state index in [2.05, 4.69) is 5.32 Å². The second kappa shape index (κ2) is 8.35. The molecule has 0 aromatic heterocycles. The highest BCUT2D eigenvalue weighted by molar-refractivity contribution is 5.95. The first-order valence-electron chi connectivity index (χ1n) is 9.39. The third-order valence-corrected chi connectivity index (χ3v) is 5.02. The molecule has 142 valence electrons. The van der Waals surface area contributed by atoms with Crippen molar-refractivity contribution in [3.8, 4) is 11.1 Å². The largest absolute Gasteiger partial charge is 0.392 e. The molecule has 2 amide bonds. The van der Waals surface area contributed by atoms with Crippen LogP contribution in [0.4, 0.5) is 0 Å². The Labute approximate surface area is 160 Å². The summed E-state index contributed by atoms with van der Waals surface area (Å²) in [4.78, 5) is 26.2. The fraction of sp³-hybridized carbons (Fsp3) is 0.364. The molecule has 0 bridgehead atoms. The molecular weight excluding hydrogens is 340 g/mol. The topological polar surface area (TPSA) is 69.6 Å². The van der Waals surface area contributed by atoms with Gasteiger partial charge in [-0.1, -0.05) is 36.4 Å². The van der Waals surface area contributed by atoms with E-state index < -0.39 is 0 Å². The van der Waals surface area contributed by atoms with Gasteiger partial charge in [0.15, 0.2) is 0 Å². The average Bonchev–Trinajstić information content (AvgIpc) is 3.10. The first-order valence-corrected chi connectivity index (χ1v) is 9.39. The standard InChI is InChI=1S/C22H26N2O3/c1-15(2)24(13-19-11-12-21(26)23-19)22(27)17-9-7-16(8-10-17)20-6-4-3-5-18(20)14-25/h3-10,15,19,25H,11-14H2,1-2H3,(H,23,26)/t19-/m0/s1. The predicted molar refractivity (Wildman–Crippen MR) is 105 cm³/mol. The fourth-order valence-corrected chi connectivity index (χ4v) is 3.48. The van der Waals surface area contributed by atoms with Crippen molar-refractivity contribution in [2.45, 2.75) is 45.4 Å². The lowest BCUT2D eigenvalue weighted by Gasteiger charge is -2.29. The van der Waals surface area contributed by atoms with Gasteiger partial charge in [-0.05, 0) is 49.1 Å². The Morgan fingerprint density at radius 3 is 2.48 bits per heavy atom. The molecule has 1 aliphatic heterocycles. The zero-order valence-corrected chi connectivity index (χ0v) is 15.8. The van der Waals surface area contributed by atoms with Crippen LogP contribution >= 0.6 is 0 Å². The van der Waals surface area contributed by atoms with Gasteiger partial charge in [-0.2, -0.15) is 0 Å². The quantitative estimate of drug-likeness (QED) is 0.826. The molecule has 1 heterocycles. The number of rotatable bonds is 6. The molecule has 5 heteroatoms. The summed E-state index contributed by atoms with van der Waals surface area (Å²) in [5.74, 6) is 0.0243. The normalized spacial score (nSPS) is 16.4. The van der Waals surface area contributed by atoms with Gasteiger partial charge in [0.1, 0.15) is 0 Å². The summed E-state index contributed by atoms with van der Waals surface area (Å²) in [6, 6.07) is 15.2. The minimum absolute atomic E-state index is 0.0227. The van der Waals surface area contributed by atoms with Gasteiger partial charge in [0.2, 0.25) is 5.91 Å². The zero-order valence-electron chi connectivity index (χ0n) is 15.8. The van der Waals surface area contributed by atoms with Crippen molar-refractivity contribution in [1.29, 1.82) is 0 Å². The van der Waals surface area contributed by atoms with Crippen LogP contribution in [0.3, 0.4) is 0 Å². The van der Waals surface area contributed by atoms with Crippen molar-refractivity contribution in [2.75, 3.05) is 6.54 Å². The number of carbonyl (C=O) groups is 2. The van der Waals surface area contributed by atoms with E-state index in [4.69, 9.17) is 0 Å². The maximum atomic E-state index is 13.0. The molecule has 2 N–H and O–H groups in total. The third kappa shape index (κ3) is 4.37. The molecule has 0 spiro atoms. The van der Waals surface area contributed by atoms with E-state index in [1.165, 1.54) is 0 Å². The van der Waals surface area contributed by atoms with Crippen LogP contribution in [0.1, 0.15) is 42.6 Å². The molecule has 27 heavy (non-hydrogen) atoms. The van der Waals surface area contributed by atoms with Crippen LogP contribution < -0.4 is 5.32 Å². The molecule has 2 aromatic carbocycles. The van der Waals surface area contributed by atoms with Crippen LogP contribution in [-0.2, 0) is 11.4 Å². The van der Waals surface area contributed by atoms with Gasteiger partial charge >= 0.3 is 0 Å². The Morgan fingerprint density at radius 2 is 1.89 bits per heavy atom. The number of amides is 2. The molecule has 1 saturated heterocycles. The fourth-order valence-electron chi connectivity index (χ4n) is 3.48. The Morgan fingerprint density at radius 1 is 1.19 bits per heavy atom. The van der Waals surface area contributed by atoms with Crippen LogP contribution in [-0.4, -0.2) is 40.4 Å². The van der Waals surface area contributed by atoms with E-state index in [1.54, 1.807) is 0 Å². The van der Waals surface area contributed by atoms with Crippen LogP contribution in [0, 0.1) is 0 Å². The smallest absolute Gasteiger partial charge is 0.254 e. The van der Waals surface area contributed by atoms with E-state index in [9.17, 15) is 14.7 Å². The molecule has 0 radical (unpaired) electrons. The molecule has 1 fully saturated rings. The number of nitrogens with one attached hydrogen (secondary N) is 1. The first kappa shape index (κ1) is 19.1. The number of aliphatic hydroxyl groups is 1. The maximum Gasteiger partial charge on any atom is 0.254 e. The summed E-state index contributed by atoms with van der Waals surface area (Å²) in [7, 11) is 0. The molecule has 0 unspecified atom stereocenters. The molecule has 3 rings (SSSR count). The SMILES string of the molecule is CC(C)N(C[C@@H]1CCC(=O)N1)C(=O)c1ccc(-c2ccccc2CO)cc1. The molecule has 1 atom stereocenters. The van der Waals surface area contributed by atoms with Crippen LogP contribution in [0.5, 0.6) is 0 Å². The van der Waals surface area contributed by atoms with Gasteiger partial charge in [0.25, 0.3) is 5.91 Å². The number of hydrogen-bond acceptors (Lipinski definition) is 3. The average molecular weight is 366 g/mol. The van der Waals surface area contributed by atoms with Crippen LogP contribution in [0.25, 0.3) is 11.1 Å². The van der Waals surface area contributed by atoms with E-state index >= 15 is 0 Å².